The number of hydrogen-bond acceptors (Lipinski definition) is 4. The highest BCUT2D eigenvalue weighted by atomic mass is 16.4. The second kappa shape index (κ2) is 5.84. The Labute approximate surface area is 106 Å². The Morgan fingerprint density at radius 3 is 3.06 bits per heavy atom. The molecule has 0 radical (unpaired) electrons. The number of benzene rings is 1. The molecule has 1 aliphatic rings. The number of carboxylic acids is 1. The van der Waals surface area contributed by atoms with Crippen molar-refractivity contribution in [3.8, 4) is 0 Å². The van der Waals surface area contributed by atoms with Crippen LogP contribution in [-0.4, -0.2) is 24.2 Å². The third kappa shape index (κ3) is 3.00. The maximum absolute atomic E-state index is 11.4. The smallest absolute Gasteiger partial charge is 0.307 e. The van der Waals surface area contributed by atoms with E-state index in [1.54, 1.807) is 0 Å². The van der Waals surface area contributed by atoms with Crippen molar-refractivity contribution < 1.29 is 9.90 Å². The lowest BCUT2D eigenvalue weighted by atomic mass is 9.86. The van der Waals surface area contributed by atoms with Gasteiger partial charge >= 0.3 is 5.97 Å². The second-order valence-corrected chi connectivity index (χ2v) is 4.75. The van der Waals surface area contributed by atoms with E-state index in [0.29, 0.717) is 6.42 Å². The van der Waals surface area contributed by atoms with Crippen molar-refractivity contribution >= 4 is 11.7 Å². The van der Waals surface area contributed by atoms with Crippen molar-refractivity contribution in [1.29, 1.82) is 0 Å². The van der Waals surface area contributed by atoms with Crippen molar-refractivity contribution in [2.45, 2.75) is 12.8 Å². The van der Waals surface area contributed by atoms with Crippen LogP contribution in [0.4, 0.5) is 5.69 Å². The lowest BCUT2D eigenvalue weighted by Crippen LogP contribution is -2.27. The molecule has 1 aromatic carbocycles. The zero-order valence-corrected chi connectivity index (χ0v) is 10.2. The minimum Gasteiger partial charge on any atom is -0.481 e. The van der Waals surface area contributed by atoms with E-state index in [1.807, 2.05) is 24.3 Å². The van der Waals surface area contributed by atoms with Crippen LogP contribution in [0.25, 0.3) is 0 Å². The molecule has 2 rings (SSSR count). The van der Waals surface area contributed by atoms with Crippen LogP contribution in [0.3, 0.4) is 0 Å². The molecule has 0 aromatic heterocycles. The summed E-state index contributed by atoms with van der Waals surface area (Å²) in [4.78, 5) is 11.4. The van der Waals surface area contributed by atoms with Gasteiger partial charge in [-0.15, -0.1) is 0 Å². The summed E-state index contributed by atoms with van der Waals surface area (Å²) in [7, 11) is 0. The molecule has 1 aromatic rings. The molecular formula is C13H19N3O2. The quantitative estimate of drug-likeness (QED) is 0.458. The molecule has 5 N–H and O–H groups in total. The predicted octanol–water partition coefficient (Wildman–Crippen LogP) is 0.825. The Balaban J connectivity index is 2.10. The lowest BCUT2D eigenvalue weighted by molar-refractivity contribution is -0.143. The predicted molar refractivity (Wildman–Crippen MR) is 70.1 cm³/mol. The monoisotopic (exact) mass is 249 g/mol. The molecule has 1 saturated heterocycles. The zero-order chi connectivity index (χ0) is 13.0. The maximum atomic E-state index is 11.4. The first kappa shape index (κ1) is 12.9. The number of carboxylic acid groups (broad SMARTS) is 1. The lowest BCUT2D eigenvalue weighted by Gasteiger charge is -2.18. The Morgan fingerprint density at radius 2 is 2.44 bits per heavy atom. The molecule has 98 valence electrons. The Hall–Kier alpha value is -1.59. The first-order valence-electron chi connectivity index (χ1n) is 6.20. The SMILES string of the molecule is NNc1cccc(CC(C(=O)O)C2CCNC2)c1. The summed E-state index contributed by atoms with van der Waals surface area (Å²) in [5, 5.41) is 12.6. The van der Waals surface area contributed by atoms with Crippen LogP contribution in [0.15, 0.2) is 24.3 Å². The summed E-state index contributed by atoms with van der Waals surface area (Å²) in [6, 6.07) is 7.59. The van der Waals surface area contributed by atoms with E-state index in [4.69, 9.17) is 5.84 Å². The highest BCUT2D eigenvalue weighted by Crippen LogP contribution is 2.24. The highest BCUT2D eigenvalue weighted by Gasteiger charge is 2.30. The number of rotatable bonds is 5. The van der Waals surface area contributed by atoms with Crippen LogP contribution >= 0.6 is 0 Å². The molecule has 0 aliphatic carbocycles. The van der Waals surface area contributed by atoms with Crippen LogP contribution < -0.4 is 16.6 Å². The highest BCUT2D eigenvalue weighted by molar-refractivity contribution is 5.71. The molecule has 1 aliphatic heterocycles. The van der Waals surface area contributed by atoms with Gasteiger partial charge in [0.2, 0.25) is 0 Å². The molecule has 0 amide bonds. The van der Waals surface area contributed by atoms with E-state index in [2.05, 4.69) is 10.7 Å². The number of aliphatic carboxylic acids is 1. The number of nitrogens with one attached hydrogen (secondary N) is 2. The average Bonchev–Trinajstić information content (AvgIpc) is 2.89. The van der Waals surface area contributed by atoms with Gasteiger partial charge in [0.25, 0.3) is 0 Å². The van der Waals surface area contributed by atoms with E-state index in [0.717, 1.165) is 30.8 Å². The maximum Gasteiger partial charge on any atom is 0.307 e. The van der Waals surface area contributed by atoms with E-state index in [-0.39, 0.29) is 11.8 Å². The number of anilines is 1. The fraction of sp³-hybridized carbons (Fsp3) is 0.462. The molecule has 2 unspecified atom stereocenters. The molecular weight excluding hydrogens is 230 g/mol. The van der Waals surface area contributed by atoms with Crippen molar-refractivity contribution in [2.24, 2.45) is 17.7 Å². The van der Waals surface area contributed by atoms with Crippen LogP contribution in [0, 0.1) is 11.8 Å². The fourth-order valence-corrected chi connectivity index (χ4v) is 2.52. The van der Waals surface area contributed by atoms with Gasteiger partial charge in [0.05, 0.1) is 5.92 Å². The number of nitrogen functional groups attached to an aromatic ring is 1. The molecule has 18 heavy (non-hydrogen) atoms. The van der Waals surface area contributed by atoms with Crippen LogP contribution in [0.2, 0.25) is 0 Å². The van der Waals surface area contributed by atoms with Gasteiger partial charge in [-0.2, -0.15) is 0 Å². The minimum atomic E-state index is -0.713. The zero-order valence-electron chi connectivity index (χ0n) is 10.2. The largest absolute Gasteiger partial charge is 0.481 e. The summed E-state index contributed by atoms with van der Waals surface area (Å²) in [5.74, 6) is 4.54. The third-order valence-corrected chi connectivity index (χ3v) is 3.53. The number of nitrogens with two attached hydrogens (primary N) is 1. The van der Waals surface area contributed by atoms with E-state index < -0.39 is 5.97 Å². The first-order chi connectivity index (χ1) is 8.70. The number of carbonyl (C=O) groups is 1. The molecule has 0 bridgehead atoms. The van der Waals surface area contributed by atoms with E-state index in [1.165, 1.54) is 0 Å². The molecule has 0 spiro atoms. The average molecular weight is 249 g/mol. The van der Waals surface area contributed by atoms with Crippen LogP contribution in [-0.2, 0) is 11.2 Å². The third-order valence-electron chi connectivity index (χ3n) is 3.53. The van der Waals surface area contributed by atoms with Crippen molar-refractivity contribution in [2.75, 3.05) is 18.5 Å². The molecule has 1 heterocycles. The van der Waals surface area contributed by atoms with Gasteiger partial charge in [-0.25, -0.2) is 0 Å². The van der Waals surface area contributed by atoms with Gasteiger partial charge in [-0.3, -0.25) is 10.6 Å². The summed E-state index contributed by atoms with van der Waals surface area (Å²) in [6.07, 6.45) is 1.49. The first-order valence-corrected chi connectivity index (χ1v) is 6.20. The molecule has 5 heteroatoms. The van der Waals surface area contributed by atoms with Crippen molar-refractivity contribution in [1.82, 2.24) is 5.32 Å². The van der Waals surface area contributed by atoms with Gasteiger partial charge in [-0.1, -0.05) is 12.1 Å². The van der Waals surface area contributed by atoms with Gasteiger partial charge in [-0.05, 0) is 49.5 Å². The van der Waals surface area contributed by atoms with Gasteiger partial charge in [0, 0.05) is 5.69 Å². The van der Waals surface area contributed by atoms with Gasteiger partial charge < -0.3 is 15.8 Å². The van der Waals surface area contributed by atoms with E-state index in [9.17, 15) is 9.90 Å². The summed E-state index contributed by atoms with van der Waals surface area (Å²) < 4.78 is 0. The second-order valence-electron chi connectivity index (χ2n) is 4.75. The van der Waals surface area contributed by atoms with Gasteiger partial charge in [0.15, 0.2) is 0 Å². The van der Waals surface area contributed by atoms with Crippen LogP contribution in [0.5, 0.6) is 0 Å². The molecule has 2 atom stereocenters. The Bertz CT molecular complexity index is 416. The summed E-state index contributed by atoms with van der Waals surface area (Å²) >= 11 is 0. The van der Waals surface area contributed by atoms with E-state index >= 15 is 0 Å². The molecule has 1 fully saturated rings. The Morgan fingerprint density at radius 1 is 1.61 bits per heavy atom. The minimum absolute atomic E-state index is 0.219. The topological polar surface area (TPSA) is 87.4 Å². The summed E-state index contributed by atoms with van der Waals surface area (Å²) in [6.45, 7) is 1.71. The van der Waals surface area contributed by atoms with Crippen LogP contribution in [0.1, 0.15) is 12.0 Å². The van der Waals surface area contributed by atoms with Crippen molar-refractivity contribution in [3.05, 3.63) is 29.8 Å². The van der Waals surface area contributed by atoms with Crippen molar-refractivity contribution in [3.63, 3.8) is 0 Å². The normalized spacial score (nSPS) is 20.6. The Kier molecular flexibility index (Phi) is 4.17. The standard InChI is InChI=1S/C13H19N3O2/c14-16-11-3-1-2-9(6-11)7-12(13(17)18)10-4-5-15-8-10/h1-3,6,10,12,15-16H,4-5,7-8,14H2,(H,17,18). The number of hydrogen-bond donors (Lipinski definition) is 4. The van der Waals surface area contributed by atoms with Gasteiger partial charge in [0.1, 0.15) is 0 Å². The summed E-state index contributed by atoms with van der Waals surface area (Å²) in [5.41, 5.74) is 4.39. The number of hydrazine groups is 1. The molecule has 0 saturated carbocycles. The fourth-order valence-electron chi connectivity index (χ4n) is 2.52. The molecule has 5 nitrogen and oxygen atoms in total.